The molecule has 0 unspecified atom stereocenters. The summed E-state index contributed by atoms with van der Waals surface area (Å²) in [7, 11) is 0. The molecule has 0 aromatic carbocycles. The van der Waals surface area contributed by atoms with E-state index in [0.29, 0.717) is 0 Å². The van der Waals surface area contributed by atoms with Gasteiger partial charge in [0.2, 0.25) is 0 Å². The number of halogens is 10. The molecule has 0 aliphatic rings. The van der Waals surface area contributed by atoms with Crippen LogP contribution in [-0.2, 0) is 204 Å². The van der Waals surface area contributed by atoms with Gasteiger partial charge in [-0.25, -0.2) is 0 Å². The van der Waals surface area contributed by atoms with Crippen LogP contribution in [0.4, 0.5) is 0 Å². The third-order valence-corrected chi connectivity index (χ3v) is 10.3. The Labute approximate surface area is 913 Å². The zero-order valence-electron chi connectivity index (χ0n) is 74.1. The Morgan fingerprint density at radius 1 is 0.266 bits per heavy atom. The van der Waals surface area contributed by atoms with E-state index in [2.05, 4.69) is 29.9 Å². The van der Waals surface area contributed by atoms with Crippen molar-refractivity contribution in [3.8, 4) is 47.4 Å². The fourth-order valence-corrected chi connectivity index (χ4v) is 3.27. The van der Waals surface area contributed by atoms with Crippen molar-refractivity contribution in [2.24, 2.45) is 43.3 Å². The van der Waals surface area contributed by atoms with E-state index in [0.717, 1.165) is 0 Å². The largest absolute Gasteiger partial charge is 3.00 e. The van der Waals surface area contributed by atoms with Crippen LogP contribution in [0.15, 0.2) is 109 Å². The quantitative estimate of drug-likeness (QED) is 0.119. The van der Waals surface area contributed by atoms with Crippen molar-refractivity contribution >= 4 is 164 Å². The maximum Gasteiger partial charge on any atom is 3.00 e. The van der Waals surface area contributed by atoms with Crippen molar-refractivity contribution in [3.63, 3.8) is 0 Å². The Kier molecular flexibility index (Phi) is 155. The average molecular weight is 2430 g/mol. The molecule has 0 bridgehead atoms. The van der Waals surface area contributed by atoms with Crippen LogP contribution in [-0.4, -0.2) is 110 Å². The second-order valence-corrected chi connectivity index (χ2v) is 32.7. The number of hydrogen-bond donors (Lipinski definition) is 0. The first-order valence-electron chi connectivity index (χ1n) is 32.3. The predicted octanol–water partition coefficient (Wildman–Crippen LogP) is 6.29. The predicted molar refractivity (Wildman–Crippen MR) is 431 cm³/mol. The molecule has 0 atom stereocenters. The number of pyridine rings is 6. The molecule has 0 spiro atoms. The Balaban J connectivity index is -0.0000000407. The van der Waals surface area contributed by atoms with E-state index in [1.807, 2.05) is 0 Å². The van der Waals surface area contributed by atoms with E-state index in [1.54, 1.807) is 251 Å². The number of carboxylic acid groups (broad SMARTS) is 8. The normalized spacial score (nSPS) is 8.77. The second kappa shape index (κ2) is 105. The van der Waals surface area contributed by atoms with Crippen molar-refractivity contribution in [1.82, 2.24) is 29.9 Å². The second-order valence-electron chi connectivity index (χ2n) is 28.7. The molecule has 0 saturated heterocycles. The zero-order valence-corrected chi connectivity index (χ0v) is 93.6. The molecule has 34 nitrogen and oxygen atoms in total. The molecule has 0 aliphatic carbocycles. The van der Waals surface area contributed by atoms with E-state index in [-0.39, 0.29) is 265 Å². The zero-order chi connectivity index (χ0) is 95.3. The van der Waals surface area contributed by atoms with E-state index in [1.165, 1.54) is 50.2 Å². The van der Waals surface area contributed by atoms with Gasteiger partial charge in [-0.1, -0.05) is 309 Å². The standard InChI is InChI=1S/6C5H4ClNO.8C5H10O2.2C2H3N.2CH2Cl2.6Co.4H2O.2Y/c6*6-4-2-1-3-5(8)7-4;8*1-5(2,3)4(6)7;2*1-2-3;2*2-1-3;;;;;;;;;;;;/h6*1-3H,(H,7,8);8*1-3H3,(H,6,7);2*1H3;2*1H2;;;;;;;4*1H2;;/q;;;;;;;;;;;;;;;;;;5*+2;+3;;;;;;+3/p-18. The first-order valence-corrected chi connectivity index (χ1v) is 36.7. The van der Waals surface area contributed by atoms with Crippen LogP contribution in [0.1, 0.15) is 180 Å². The van der Waals surface area contributed by atoms with Gasteiger partial charge >= 0.3 is 133 Å². The molecule has 0 amide bonds. The van der Waals surface area contributed by atoms with Crippen LogP contribution in [0, 0.1) is 66.0 Å². The number of aliphatic carboxylic acids is 8. The van der Waals surface area contributed by atoms with Gasteiger partial charge < -0.3 is 132 Å². The smallest absolute Gasteiger partial charge is 0.870 e. The first kappa shape index (κ1) is 188. The molecule has 6 aromatic rings. The molecule has 6 radical (unpaired) electrons. The summed E-state index contributed by atoms with van der Waals surface area (Å²) >= 11 is 51.1. The number of carboxylic acids is 8. The van der Waals surface area contributed by atoms with Gasteiger partial charge in [-0.3, -0.25) is 29.9 Å². The van der Waals surface area contributed by atoms with Crippen molar-refractivity contribution in [1.29, 1.82) is 10.5 Å². The van der Waals surface area contributed by atoms with Crippen LogP contribution < -0.4 is 71.5 Å². The maximum absolute atomic E-state index is 10.3. The summed E-state index contributed by atoms with van der Waals surface area (Å²) in [5, 5.41) is 158. The van der Waals surface area contributed by atoms with Crippen LogP contribution >= 0.6 is 116 Å². The molecule has 0 saturated carbocycles. The molecule has 6 rings (SSSR count). The Morgan fingerprint density at radius 2 is 0.320 bits per heavy atom. The Bertz CT molecular complexity index is 3060. The minimum Gasteiger partial charge on any atom is -0.870 e. The first-order chi connectivity index (χ1) is 51.9. The number of nitrogens with zero attached hydrogens (tertiary/aromatic N) is 8. The molecule has 6 aromatic heterocycles. The number of carbonyl (C=O) groups is 8. The van der Waals surface area contributed by atoms with Crippen molar-refractivity contribution in [2.75, 3.05) is 10.7 Å². The van der Waals surface area contributed by atoms with Gasteiger partial charge in [-0.2, -0.15) is 10.5 Å². The van der Waals surface area contributed by atoms with Gasteiger partial charge in [0.25, 0.3) is 0 Å². The number of alkyl halides is 4. The molecular weight excluding hydrogens is 2330 g/mol. The van der Waals surface area contributed by atoms with Gasteiger partial charge in [0.1, 0.15) is 30.9 Å². The van der Waals surface area contributed by atoms with E-state index in [9.17, 15) is 110 Å². The number of carbonyl (C=O) groups excluding carboxylic acids is 8. The number of hydrogen-bond acceptors (Lipinski definition) is 34. The number of rotatable bonds is 0. The fraction of sp³-hybridized carbons (Fsp3) is 0.474. The van der Waals surface area contributed by atoms with Gasteiger partial charge in [-0.05, 0) is 71.7 Å². The monoisotopic (exact) mass is 2430 g/mol. The summed E-state index contributed by atoms with van der Waals surface area (Å²) in [6, 6.07) is 30.4. The minimum absolute atomic E-state index is 0. The molecule has 736 valence electrons. The molecule has 0 fully saturated rings. The summed E-state index contributed by atoms with van der Waals surface area (Å²) < 4.78 is 0. The molecule has 6 heterocycles. The van der Waals surface area contributed by atoms with Crippen molar-refractivity contribution in [3.05, 3.63) is 140 Å². The molecule has 0 aliphatic heterocycles. The van der Waals surface area contributed by atoms with Crippen molar-refractivity contribution in [2.45, 2.75) is 180 Å². The van der Waals surface area contributed by atoms with Crippen LogP contribution in [0.2, 0.25) is 30.9 Å². The maximum atomic E-state index is 10.3. The van der Waals surface area contributed by atoms with Crippen molar-refractivity contribution < 1.29 is 298 Å². The third kappa shape index (κ3) is 166. The molecule has 128 heavy (non-hydrogen) atoms. The molecule has 4 N–H and O–H groups in total. The van der Waals surface area contributed by atoms with Crippen LogP contribution in [0.5, 0.6) is 35.3 Å². The van der Waals surface area contributed by atoms with Gasteiger partial charge in [0, 0.05) is 138 Å². The summed E-state index contributed by atoms with van der Waals surface area (Å²) in [5.41, 5.74) is -5.56. The Hall–Kier alpha value is -3.57. The van der Waals surface area contributed by atoms with E-state index >= 15 is 0 Å². The minimum atomic E-state index is -1.01. The Morgan fingerprint density at radius 3 is 0.344 bits per heavy atom. The number of nitriles is 2. The fourth-order valence-electron chi connectivity index (χ4n) is 2.34. The number of aromatic nitrogens is 6. The summed E-state index contributed by atoms with van der Waals surface area (Å²) in [6.45, 7) is 41.3. The van der Waals surface area contributed by atoms with Crippen LogP contribution in [0.3, 0.4) is 0 Å². The van der Waals surface area contributed by atoms with Gasteiger partial charge in [-0.15, -0.1) is 46.4 Å². The van der Waals surface area contributed by atoms with Crippen LogP contribution in [0.25, 0.3) is 0 Å². The van der Waals surface area contributed by atoms with E-state index in [4.69, 9.17) is 127 Å². The molecule has 52 heteroatoms. The SMILES string of the molecule is CC#N.CC#N.CC(C)(C)C(=O)[O-].CC(C)(C)C(=O)[O-].CC(C)(C)C(=O)[O-].CC(C)(C)C(=O)[O-].CC(C)(C)C(=O)[O-].CC(C)(C)C(=O)[O-].CC(C)(C)C(=O)[O-].CC(C)(C)C(=O)[O-].ClCCl.ClCCl.[Co+2].[Co+2].[Co+2].[Co+2].[Co+2].[Co+3].[O-]c1cccc(Cl)n1.[O-]c1cccc(Cl)n1.[O-]c1cccc(Cl)n1.[O-]c1cccc(Cl)n1.[O-]c1cccc(Cl)n1.[O-]c1cccc(Cl)n1.[OH-].[OH-].[OH-].[OH-].[Y+3].[Y]. The summed E-state index contributed by atoms with van der Waals surface area (Å²) in [5.74, 6) is -9.82. The van der Waals surface area contributed by atoms with Gasteiger partial charge in [0.15, 0.2) is 0 Å². The average Bonchev–Trinajstić information content (AvgIpc) is 1.11. The summed E-state index contributed by atoms with van der Waals surface area (Å²) in [4.78, 5) is 99.6. The summed E-state index contributed by atoms with van der Waals surface area (Å²) in [6.07, 6.45) is 0. The molecular formula is C76H104Cl10Co6N8O26Y2-2. The topological polar surface area (TPSA) is 704 Å². The van der Waals surface area contributed by atoms with E-state index < -0.39 is 91.1 Å². The third-order valence-electron chi connectivity index (χ3n) is 9.04. The van der Waals surface area contributed by atoms with Gasteiger partial charge in [0.05, 0.1) is 22.8 Å².